The predicted octanol–water partition coefficient (Wildman–Crippen LogP) is 2.85. The number of halogens is 1. The molecule has 4 nitrogen and oxygen atoms in total. The van der Waals surface area contributed by atoms with Gasteiger partial charge >= 0.3 is 0 Å². The maximum Gasteiger partial charge on any atom is 0.150 e. The Hall–Kier alpha value is -2.12. The van der Waals surface area contributed by atoms with E-state index < -0.39 is 5.92 Å². The van der Waals surface area contributed by atoms with Crippen molar-refractivity contribution in [3.8, 4) is 6.07 Å². The minimum atomic E-state index is -0.430. The van der Waals surface area contributed by atoms with Crippen molar-refractivity contribution < 1.29 is 0 Å². The van der Waals surface area contributed by atoms with E-state index >= 15 is 0 Å². The Labute approximate surface area is 117 Å². The zero-order chi connectivity index (χ0) is 13.8. The topological polar surface area (TPSA) is 52.8 Å². The maximum atomic E-state index is 9.32. The lowest BCUT2D eigenvalue weighted by Crippen LogP contribution is -2.12. The van der Waals surface area contributed by atoms with Gasteiger partial charge in [-0.15, -0.1) is 5.10 Å². The van der Waals surface area contributed by atoms with E-state index in [0.29, 0.717) is 10.7 Å². The van der Waals surface area contributed by atoms with Crippen molar-refractivity contribution in [2.24, 2.45) is 0 Å². The Morgan fingerprint density at radius 3 is 2.26 bits per heavy atom. The highest BCUT2D eigenvalue weighted by atomic mass is 35.5. The van der Waals surface area contributed by atoms with Crippen LogP contribution in [0.25, 0.3) is 0 Å². The first-order valence-electron chi connectivity index (χ1n) is 5.78. The molecule has 0 fully saturated rings. The molecule has 0 N–H and O–H groups in total. The molecule has 0 radical (unpaired) electrons. The summed E-state index contributed by atoms with van der Waals surface area (Å²) in [6, 6.07) is 13.1. The van der Waals surface area contributed by atoms with Gasteiger partial charge in [-0.1, -0.05) is 23.7 Å². The first kappa shape index (κ1) is 13.3. The van der Waals surface area contributed by atoms with Gasteiger partial charge in [-0.3, -0.25) is 0 Å². The molecule has 0 saturated heterocycles. The van der Waals surface area contributed by atoms with E-state index in [1.807, 2.05) is 43.3 Å². The summed E-state index contributed by atoms with van der Waals surface area (Å²) in [6.07, 6.45) is 0. The van der Waals surface area contributed by atoms with Gasteiger partial charge in [0.2, 0.25) is 0 Å². The van der Waals surface area contributed by atoms with Gasteiger partial charge in [0.15, 0.2) is 5.82 Å². The second-order valence-electron chi connectivity index (χ2n) is 4.32. The highest BCUT2D eigenvalue weighted by Gasteiger charge is 2.15. The second-order valence-corrected chi connectivity index (χ2v) is 4.76. The van der Waals surface area contributed by atoms with E-state index in [0.717, 1.165) is 11.4 Å². The Balaban J connectivity index is 2.32. The molecule has 0 aliphatic carbocycles. The molecule has 96 valence electrons. The third-order valence-corrected chi connectivity index (χ3v) is 3.01. The van der Waals surface area contributed by atoms with E-state index in [1.165, 1.54) is 0 Å². The molecule has 1 aromatic heterocycles. The van der Waals surface area contributed by atoms with Gasteiger partial charge in [0.05, 0.1) is 11.8 Å². The number of rotatable bonds is 3. The van der Waals surface area contributed by atoms with Crippen LogP contribution in [0.3, 0.4) is 0 Å². The summed E-state index contributed by atoms with van der Waals surface area (Å²) in [5, 5.41) is 18.2. The van der Waals surface area contributed by atoms with Crippen LogP contribution in [0.2, 0.25) is 5.02 Å². The van der Waals surface area contributed by atoms with Crippen molar-refractivity contribution >= 4 is 17.4 Å². The second kappa shape index (κ2) is 5.68. The molecule has 19 heavy (non-hydrogen) atoms. The Morgan fingerprint density at radius 2 is 1.79 bits per heavy atom. The fourth-order valence-electron chi connectivity index (χ4n) is 1.69. The molecule has 5 heteroatoms. The van der Waals surface area contributed by atoms with Crippen LogP contribution in [-0.4, -0.2) is 24.3 Å². The van der Waals surface area contributed by atoms with Crippen LogP contribution >= 0.6 is 11.6 Å². The number of hydrogen-bond acceptors (Lipinski definition) is 4. The first-order valence-corrected chi connectivity index (χ1v) is 6.15. The van der Waals surface area contributed by atoms with Gasteiger partial charge in [-0.2, -0.15) is 10.4 Å². The van der Waals surface area contributed by atoms with Crippen LogP contribution in [0.15, 0.2) is 36.4 Å². The molecule has 1 atom stereocenters. The van der Waals surface area contributed by atoms with E-state index in [1.54, 1.807) is 12.1 Å². The molecule has 0 spiro atoms. The molecule has 2 aromatic rings. The number of anilines is 1. The number of aromatic nitrogens is 2. The van der Waals surface area contributed by atoms with E-state index in [9.17, 15) is 5.26 Å². The Bertz CT molecular complexity index is 584. The molecule has 0 amide bonds. The zero-order valence-corrected chi connectivity index (χ0v) is 11.5. The highest BCUT2D eigenvalue weighted by molar-refractivity contribution is 6.30. The zero-order valence-electron chi connectivity index (χ0n) is 10.7. The van der Waals surface area contributed by atoms with Gasteiger partial charge < -0.3 is 4.90 Å². The number of nitriles is 1. The summed E-state index contributed by atoms with van der Waals surface area (Å²) in [4.78, 5) is 1.86. The molecular weight excluding hydrogens is 260 g/mol. The van der Waals surface area contributed by atoms with Crippen LogP contribution in [0, 0.1) is 11.3 Å². The van der Waals surface area contributed by atoms with Gasteiger partial charge in [-0.25, -0.2) is 0 Å². The lowest BCUT2D eigenvalue weighted by Gasteiger charge is -2.12. The summed E-state index contributed by atoms with van der Waals surface area (Å²) in [7, 11) is 3.79. The molecule has 2 rings (SSSR count). The summed E-state index contributed by atoms with van der Waals surface area (Å²) in [5.74, 6) is 0.331. The molecule has 0 aliphatic heterocycles. The standard InChI is InChI=1S/C14H13ClN4/c1-19(2)14-8-7-13(17-18-14)12(9-16)10-3-5-11(15)6-4-10/h3-8,12H,1-2H3. The molecule has 1 aromatic carbocycles. The van der Waals surface area contributed by atoms with Crippen molar-refractivity contribution in [1.82, 2.24) is 10.2 Å². The van der Waals surface area contributed by atoms with Crippen LogP contribution in [0.5, 0.6) is 0 Å². The fourth-order valence-corrected chi connectivity index (χ4v) is 1.82. The van der Waals surface area contributed by atoms with Crippen molar-refractivity contribution in [3.63, 3.8) is 0 Å². The molecule has 0 aliphatic rings. The van der Waals surface area contributed by atoms with Gasteiger partial charge in [0.25, 0.3) is 0 Å². The van der Waals surface area contributed by atoms with Gasteiger partial charge in [-0.05, 0) is 29.8 Å². The van der Waals surface area contributed by atoms with E-state index in [2.05, 4.69) is 16.3 Å². The number of benzene rings is 1. The summed E-state index contributed by atoms with van der Waals surface area (Å²) < 4.78 is 0. The van der Waals surface area contributed by atoms with Gasteiger partial charge in [0.1, 0.15) is 5.92 Å². The highest BCUT2D eigenvalue weighted by Crippen LogP contribution is 2.24. The molecule has 1 unspecified atom stereocenters. The summed E-state index contributed by atoms with van der Waals surface area (Å²) >= 11 is 5.84. The monoisotopic (exact) mass is 272 g/mol. The van der Waals surface area contributed by atoms with Crippen LogP contribution in [0.4, 0.5) is 5.82 Å². The predicted molar refractivity (Wildman–Crippen MR) is 75.3 cm³/mol. The lowest BCUT2D eigenvalue weighted by atomic mass is 9.97. The largest absolute Gasteiger partial charge is 0.361 e. The molecular formula is C14H13ClN4. The summed E-state index contributed by atoms with van der Waals surface area (Å²) in [5.41, 5.74) is 1.49. The van der Waals surface area contributed by atoms with Crippen molar-refractivity contribution in [1.29, 1.82) is 5.26 Å². The number of hydrogen-bond donors (Lipinski definition) is 0. The van der Waals surface area contributed by atoms with Crippen molar-refractivity contribution in [2.75, 3.05) is 19.0 Å². The minimum Gasteiger partial charge on any atom is -0.361 e. The Morgan fingerprint density at radius 1 is 1.11 bits per heavy atom. The first-order chi connectivity index (χ1) is 9.11. The lowest BCUT2D eigenvalue weighted by molar-refractivity contribution is 0.868. The SMILES string of the molecule is CN(C)c1ccc(C(C#N)c2ccc(Cl)cc2)nn1. The maximum absolute atomic E-state index is 9.32. The van der Waals surface area contributed by atoms with Crippen LogP contribution < -0.4 is 4.90 Å². The molecule has 0 bridgehead atoms. The van der Waals surface area contributed by atoms with E-state index in [-0.39, 0.29) is 0 Å². The Kier molecular flexibility index (Phi) is 3.98. The minimum absolute atomic E-state index is 0.430. The summed E-state index contributed by atoms with van der Waals surface area (Å²) in [6.45, 7) is 0. The molecule has 0 saturated carbocycles. The quantitative estimate of drug-likeness (QED) is 0.862. The third kappa shape index (κ3) is 3.01. The van der Waals surface area contributed by atoms with Crippen molar-refractivity contribution in [2.45, 2.75) is 5.92 Å². The average Bonchev–Trinajstić information content (AvgIpc) is 2.42. The molecule has 1 heterocycles. The number of nitrogens with zero attached hydrogens (tertiary/aromatic N) is 4. The third-order valence-electron chi connectivity index (χ3n) is 2.76. The smallest absolute Gasteiger partial charge is 0.150 e. The normalized spacial score (nSPS) is 11.7. The fraction of sp³-hybridized carbons (Fsp3) is 0.214. The van der Waals surface area contributed by atoms with Gasteiger partial charge in [0, 0.05) is 19.1 Å². The van der Waals surface area contributed by atoms with Crippen LogP contribution in [0.1, 0.15) is 17.2 Å². The van der Waals surface area contributed by atoms with Crippen molar-refractivity contribution in [3.05, 3.63) is 52.7 Å². The van der Waals surface area contributed by atoms with Crippen LogP contribution in [-0.2, 0) is 0 Å². The average molecular weight is 273 g/mol. The van der Waals surface area contributed by atoms with E-state index in [4.69, 9.17) is 11.6 Å².